The lowest BCUT2D eigenvalue weighted by Gasteiger charge is -2.28. The Labute approximate surface area is 96.2 Å². The van der Waals surface area contributed by atoms with Crippen LogP contribution in [-0.2, 0) is 9.59 Å². The van der Waals surface area contributed by atoms with Gasteiger partial charge in [0.1, 0.15) is 5.78 Å². The summed E-state index contributed by atoms with van der Waals surface area (Å²) >= 11 is 0. The molecule has 1 aliphatic heterocycles. The van der Waals surface area contributed by atoms with E-state index >= 15 is 0 Å². The number of nitrogens with zero attached hydrogens (tertiary/aromatic N) is 1. The lowest BCUT2D eigenvalue weighted by Crippen LogP contribution is -2.42. The van der Waals surface area contributed by atoms with Gasteiger partial charge in [0.15, 0.2) is 0 Å². The molecule has 2 unspecified atom stereocenters. The quantitative estimate of drug-likeness (QED) is 0.712. The molecular formula is C13H19NO2. The maximum absolute atomic E-state index is 12.1. The highest BCUT2D eigenvalue weighted by molar-refractivity contribution is 5.86. The molecule has 16 heavy (non-hydrogen) atoms. The summed E-state index contributed by atoms with van der Waals surface area (Å²) < 4.78 is 0. The molecule has 0 N–H and O–H groups in total. The van der Waals surface area contributed by atoms with Crippen molar-refractivity contribution in [1.82, 2.24) is 4.90 Å². The van der Waals surface area contributed by atoms with E-state index in [-0.39, 0.29) is 12.0 Å². The third-order valence-corrected chi connectivity index (χ3v) is 4.33. The van der Waals surface area contributed by atoms with Crippen molar-refractivity contribution in [3.05, 3.63) is 0 Å². The Balaban J connectivity index is 1.72. The minimum atomic E-state index is 0.171. The number of Topliss-reactive ketones (excluding diaryl/α,β-unsaturated/α-hetero) is 1. The molecule has 0 aromatic rings. The van der Waals surface area contributed by atoms with Gasteiger partial charge in [0.2, 0.25) is 5.91 Å². The van der Waals surface area contributed by atoms with Crippen molar-refractivity contribution in [2.75, 3.05) is 6.54 Å². The van der Waals surface area contributed by atoms with E-state index in [1.807, 2.05) is 4.90 Å². The second-order valence-electron chi connectivity index (χ2n) is 5.48. The molecule has 2 aliphatic carbocycles. The van der Waals surface area contributed by atoms with Gasteiger partial charge in [0.25, 0.3) is 0 Å². The molecule has 2 atom stereocenters. The molecule has 1 saturated heterocycles. The standard InChI is InChI=1S/C13H19NO2/c15-12-5-1-3-10(12)11-4-2-8-14(11)13(16)9-6-7-9/h9-11H,1-8H2. The summed E-state index contributed by atoms with van der Waals surface area (Å²) in [5, 5.41) is 0. The zero-order valence-electron chi connectivity index (χ0n) is 9.65. The van der Waals surface area contributed by atoms with Crippen LogP contribution < -0.4 is 0 Å². The van der Waals surface area contributed by atoms with E-state index in [2.05, 4.69) is 0 Å². The minimum Gasteiger partial charge on any atom is -0.339 e. The van der Waals surface area contributed by atoms with Crippen molar-refractivity contribution in [3.8, 4) is 0 Å². The van der Waals surface area contributed by atoms with Crippen LogP contribution in [0.3, 0.4) is 0 Å². The Morgan fingerprint density at radius 3 is 2.56 bits per heavy atom. The average molecular weight is 221 g/mol. The van der Waals surface area contributed by atoms with Crippen LogP contribution in [0.25, 0.3) is 0 Å². The van der Waals surface area contributed by atoms with Crippen LogP contribution in [0.5, 0.6) is 0 Å². The predicted molar refractivity (Wildman–Crippen MR) is 59.8 cm³/mol. The van der Waals surface area contributed by atoms with Crippen LogP contribution in [0.1, 0.15) is 44.9 Å². The summed E-state index contributed by atoms with van der Waals surface area (Å²) in [6.45, 7) is 0.893. The number of hydrogen-bond donors (Lipinski definition) is 0. The Morgan fingerprint density at radius 2 is 1.94 bits per heavy atom. The number of hydrogen-bond acceptors (Lipinski definition) is 2. The first-order valence-electron chi connectivity index (χ1n) is 6.60. The molecular weight excluding hydrogens is 202 g/mol. The van der Waals surface area contributed by atoms with E-state index in [4.69, 9.17) is 0 Å². The number of amides is 1. The van der Waals surface area contributed by atoms with E-state index in [0.717, 1.165) is 51.5 Å². The summed E-state index contributed by atoms with van der Waals surface area (Å²) in [7, 11) is 0. The van der Waals surface area contributed by atoms with Gasteiger partial charge < -0.3 is 4.90 Å². The van der Waals surface area contributed by atoms with Crippen LogP contribution in [0, 0.1) is 11.8 Å². The molecule has 1 heterocycles. The summed E-state index contributed by atoms with van der Waals surface area (Å²) in [4.78, 5) is 25.9. The van der Waals surface area contributed by atoms with E-state index < -0.39 is 0 Å². The largest absolute Gasteiger partial charge is 0.339 e. The first-order valence-corrected chi connectivity index (χ1v) is 6.60. The second-order valence-corrected chi connectivity index (χ2v) is 5.48. The van der Waals surface area contributed by atoms with E-state index in [0.29, 0.717) is 17.6 Å². The van der Waals surface area contributed by atoms with Gasteiger partial charge in [0, 0.05) is 30.8 Å². The molecule has 3 aliphatic rings. The average Bonchev–Trinajstić information content (AvgIpc) is 2.86. The minimum absolute atomic E-state index is 0.171. The fourth-order valence-corrected chi connectivity index (χ4v) is 3.30. The Bertz CT molecular complexity index is 322. The van der Waals surface area contributed by atoms with Gasteiger partial charge in [-0.25, -0.2) is 0 Å². The van der Waals surface area contributed by atoms with Gasteiger partial charge in [-0.3, -0.25) is 9.59 Å². The van der Waals surface area contributed by atoms with Crippen molar-refractivity contribution in [2.45, 2.75) is 51.0 Å². The normalized spacial score (nSPS) is 34.8. The lowest BCUT2D eigenvalue weighted by atomic mass is 9.95. The van der Waals surface area contributed by atoms with Crippen molar-refractivity contribution in [3.63, 3.8) is 0 Å². The molecule has 1 amide bonds. The van der Waals surface area contributed by atoms with Crippen LogP contribution in [0.15, 0.2) is 0 Å². The number of carbonyl (C=O) groups is 2. The van der Waals surface area contributed by atoms with Gasteiger partial charge >= 0.3 is 0 Å². The highest BCUT2D eigenvalue weighted by Crippen LogP contribution is 2.38. The third kappa shape index (κ3) is 1.66. The highest BCUT2D eigenvalue weighted by Gasteiger charge is 2.43. The van der Waals surface area contributed by atoms with Gasteiger partial charge in [-0.15, -0.1) is 0 Å². The molecule has 3 heteroatoms. The van der Waals surface area contributed by atoms with Crippen LogP contribution in [0.2, 0.25) is 0 Å². The molecule has 3 fully saturated rings. The van der Waals surface area contributed by atoms with E-state index in [9.17, 15) is 9.59 Å². The van der Waals surface area contributed by atoms with Crippen LogP contribution in [-0.4, -0.2) is 29.2 Å². The molecule has 88 valence electrons. The lowest BCUT2D eigenvalue weighted by molar-refractivity contribution is -0.135. The second kappa shape index (κ2) is 3.86. The SMILES string of the molecule is O=C1CCCC1C1CCCN1C(=O)C1CC1. The zero-order valence-corrected chi connectivity index (χ0v) is 9.65. The molecule has 3 rings (SSSR count). The van der Waals surface area contributed by atoms with Crippen molar-refractivity contribution in [1.29, 1.82) is 0 Å². The molecule has 2 saturated carbocycles. The molecule has 0 bridgehead atoms. The summed E-state index contributed by atoms with van der Waals surface area (Å²) in [6.07, 6.45) is 7.07. The molecule has 0 aromatic carbocycles. The first-order chi connectivity index (χ1) is 7.77. The Kier molecular flexibility index (Phi) is 2.49. The Morgan fingerprint density at radius 1 is 1.12 bits per heavy atom. The first kappa shape index (κ1) is 10.3. The molecule has 3 nitrogen and oxygen atoms in total. The summed E-state index contributed by atoms with van der Waals surface area (Å²) in [5.74, 6) is 1.21. The predicted octanol–water partition coefficient (Wildman–Crippen LogP) is 1.76. The van der Waals surface area contributed by atoms with E-state index in [1.54, 1.807) is 0 Å². The molecule has 0 aromatic heterocycles. The summed E-state index contributed by atoms with van der Waals surface area (Å²) in [6, 6.07) is 0.253. The molecule has 0 radical (unpaired) electrons. The van der Waals surface area contributed by atoms with Crippen molar-refractivity contribution >= 4 is 11.7 Å². The van der Waals surface area contributed by atoms with E-state index in [1.165, 1.54) is 0 Å². The van der Waals surface area contributed by atoms with Gasteiger partial charge in [-0.05, 0) is 38.5 Å². The number of ketones is 1. The number of carbonyl (C=O) groups excluding carboxylic acids is 2. The monoisotopic (exact) mass is 221 g/mol. The number of rotatable bonds is 2. The van der Waals surface area contributed by atoms with Gasteiger partial charge in [0.05, 0.1) is 0 Å². The topological polar surface area (TPSA) is 37.4 Å². The van der Waals surface area contributed by atoms with Gasteiger partial charge in [-0.1, -0.05) is 0 Å². The smallest absolute Gasteiger partial charge is 0.225 e. The fraction of sp³-hybridized carbons (Fsp3) is 0.846. The van der Waals surface area contributed by atoms with Crippen molar-refractivity contribution < 1.29 is 9.59 Å². The highest BCUT2D eigenvalue weighted by atomic mass is 16.2. The third-order valence-electron chi connectivity index (χ3n) is 4.33. The van der Waals surface area contributed by atoms with Crippen LogP contribution in [0.4, 0.5) is 0 Å². The Hall–Kier alpha value is -0.860. The molecule has 0 spiro atoms. The maximum Gasteiger partial charge on any atom is 0.225 e. The fourth-order valence-electron chi connectivity index (χ4n) is 3.30. The van der Waals surface area contributed by atoms with Crippen LogP contribution >= 0.6 is 0 Å². The van der Waals surface area contributed by atoms with Gasteiger partial charge in [-0.2, -0.15) is 0 Å². The van der Waals surface area contributed by atoms with Crippen molar-refractivity contribution in [2.24, 2.45) is 11.8 Å². The number of likely N-dealkylation sites (tertiary alicyclic amines) is 1. The summed E-state index contributed by atoms with van der Waals surface area (Å²) in [5.41, 5.74) is 0. The maximum atomic E-state index is 12.1. The zero-order chi connectivity index (χ0) is 11.1.